The van der Waals surface area contributed by atoms with E-state index in [9.17, 15) is 14.0 Å². The van der Waals surface area contributed by atoms with Crippen LogP contribution in [0, 0.1) is 29.0 Å². The Morgan fingerprint density at radius 1 is 1.00 bits per heavy atom. The van der Waals surface area contributed by atoms with E-state index in [1.54, 1.807) is 6.07 Å². The Kier molecular flexibility index (Phi) is 10.7. The molecule has 2 aromatic rings. The Morgan fingerprint density at radius 2 is 1.56 bits per heavy atom. The number of rotatable bonds is 9. The maximum absolute atomic E-state index is 13.3. The summed E-state index contributed by atoms with van der Waals surface area (Å²) < 4.78 is 13.3. The lowest BCUT2D eigenvalue weighted by atomic mass is 9.80. The van der Waals surface area contributed by atoms with Gasteiger partial charge in [-0.1, -0.05) is 76.0 Å². The summed E-state index contributed by atoms with van der Waals surface area (Å²) in [5, 5.41) is 0.810. The molecule has 198 valence electrons. The Morgan fingerprint density at radius 3 is 2.00 bits per heavy atom. The monoisotopic (exact) mass is 536 g/mol. The van der Waals surface area contributed by atoms with Crippen molar-refractivity contribution in [3.63, 3.8) is 0 Å². The summed E-state index contributed by atoms with van der Waals surface area (Å²) in [7, 11) is 0. The average Bonchev–Trinajstić information content (AvgIpc) is 3.56. The van der Waals surface area contributed by atoms with Crippen LogP contribution in [0.1, 0.15) is 58.6 Å². The summed E-state index contributed by atoms with van der Waals surface area (Å²) in [6, 6.07) is 12.3. The van der Waals surface area contributed by atoms with Crippen LogP contribution in [0.25, 0.3) is 0 Å². The molecular weight excluding hydrogens is 498 g/mol. The van der Waals surface area contributed by atoms with Gasteiger partial charge in [-0.15, -0.1) is 0 Å². The van der Waals surface area contributed by atoms with Gasteiger partial charge in [0.25, 0.3) is 0 Å². The molecule has 1 aliphatic carbocycles. The van der Waals surface area contributed by atoms with Gasteiger partial charge in [0.15, 0.2) is 0 Å². The van der Waals surface area contributed by atoms with Crippen molar-refractivity contribution in [1.82, 2.24) is 0 Å². The van der Waals surface area contributed by atoms with Crippen molar-refractivity contribution in [2.75, 3.05) is 6.54 Å². The Bertz CT molecular complexity index is 1040. The lowest BCUT2D eigenvalue weighted by molar-refractivity contribution is -0.130. The van der Waals surface area contributed by atoms with Gasteiger partial charge < -0.3 is 11.5 Å². The topological polar surface area (TPSA) is 86.2 Å². The normalized spacial score (nSPS) is 16.1. The molecule has 0 heterocycles. The second-order valence-electron chi connectivity index (χ2n) is 11.2. The lowest BCUT2D eigenvalue weighted by Gasteiger charge is -2.24. The van der Waals surface area contributed by atoms with Crippen LogP contribution in [0.5, 0.6) is 0 Å². The first-order valence-electron chi connectivity index (χ1n) is 12.4. The molecule has 2 aromatic carbocycles. The zero-order valence-corrected chi connectivity index (χ0v) is 23.4. The van der Waals surface area contributed by atoms with Crippen LogP contribution in [0.4, 0.5) is 4.39 Å². The minimum atomic E-state index is -0.465. The minimum Gasteiger partial charge on any atom is -0.330 e. The van der Waals surface area contributed by atoms with Gasteiger partial charge >= 0.3 is 0 Å². The van der Waals surface area contributed by atoms with E-state index in [1.165, 1.54) is 12.1 Å². The number of benzene rings is 2. The number of carbonyl (C=O) groups is 2. The van der Waals surface area contributed by atoms with E-state index in [2.05, 4.69) is 0 Å². The molecule has 1 aliphatic rings. The molecule has 0 amide bonds. The van der Waals surface area contributed by atoms with E-state index in [4.69, 9.17) is 34.7 Å². The number of hydrogen-bond acceptors (Lipinski definition) is 4. The van der Waals surface area contributed by atoms with Crippen molar-refractivity contribution in [2.45, 2.75) is 65.8 Å². The highest BCUT2D eigenvalue weighted by Crippen LogP contribution is 2.42. The third-order valence-electron chi connectivity index (χ3n) is 6.65. The summed E-state index contributed by atoms with van der Waals surface area (Å²) in [5.41, 5.74) is 13.1. The fraction of sp³-hybridized carbons (Fsp3) is 0.517. The molecule has 36 heavy (non-hydrogen) atoms. The second kappa shape index (κ2) is 12.6. The van der Waals surface area contributed by atoms with Gasteiger partial charge in [0.05, 0.1) is 5.02 Å². The zero-order chi connectivity index (χ0) is 27.3. The van der Waals surface area contributed by atoms with Gasteiger partial charge in [-0.3, -0.25) is 9.59 Å². The summed E-state index contributed by atoms with van der Waals surface area (Å²) in [6.07, 6.45) is 3.10. The quantitative estimate of drug-likeness (QED) is 0.386. The molecule has 0 aromatic heterocycles. The fourth-order valence-corrected chi connectivity index (χ4v) is 4.43. The fourth-order valence-electron chi connectivity index (χ4n) is 4.19. The Balaban J connectivity index is 0.000000254. The van der Waals surface area contributed by atoms with Gasteiger partial charge in [-0.25, -0.2) is 4.39 Å². The van der Waals surface area contributed by atoms with Crippen LogP contribution >= 0.6 is 23.2 Å². The maximum Gasteiger partial charge on any atom is 0.142 e. The predicted molar refractivity (Wildman–Crippen MR) is 147 cm³/mol. The molecule has 0 aliphatic heterocycles. The van der Waals surface area contributed by atoms with E-state index in [0.29, 0.717) is 6.42 Å². The maximum atomic E-state index is 13.3. The van der Waals surface area contributed by atoms with Crippen molar-refractivity contribution in [1.29, 1.82) is 0 Å². The second-order valence-corrected chi connectivity index (χ2v) is 12.0. The molecule has 1 saturated carbocycles. The first-order chi connectivity index (χ1) is 16.7. The number of carbonyl (C=O) groups excluding carboxylic acids is 2. The first kappa shape index (κ1) is 30.4. The zero-order valence-electron chi connectivity index (χ0n) is 21.9. The number of Topliss-reactive ketones (excluding diaryl/α,β-unsaturated/α-hetero) is 2. The van der Waals surface area contributed by atoms with Crippen LogP contribution in [-0.2, 0) is 22.4 Å². The van der Waals surface area contributed by atoms with Gasteiger partial charge in [-0.05, 0) is 61.1 Å². The number of hydrogen-bond donors (Lipinski definition) is 2. The Hall–Kier alpha value is -1.79. The first-order valence-corrected chi connectivity index (χ1v) is 13.2. The minimum absolute atomic E-state index is 0.0447. The summed E-state index contributed by atoms with van der Waals surface area (Å²) in [5.74, 6) is -0.383. The molecule has 0 spiro atoms. The molecule has 4 nitrogen and oxygen atoms in total. The van der Waals surface area contributed by atoms with Gasteiger partial charge in [0, 0.05) is 40.3 Å². The lowest BCUT2D eigenvalue weighted by Crippen LogP contribution is -2.41. The van der Waals surface area contributed by atoms with Crippen LogP contribution < -0.4 is 11.5 Å². The van der Waals surface area contributed by atoms with Crippen LogP contribution in [0.3, 0.4) is 0 Å². The van der Waals surface area contributed by atoms with E-state index >= 15 is 0 Å². The van der Waals surface area contributed by atoms with Crippen LogP contribution in [-0.4, -0.2) is 23.7 Å². The average molecular weight is 538 g/mol. The highest BCUT2D eigenvalue weighted by Gasteiger charge is 2.49. The molecular formula is C29H39Cl2FN2O2. The smallest absolute Gasteiger partial charge is 0.142 e. The van der Waals surface area contributed by atoms with Gasteiger partial charge in [0.2, 0.25) is 0 Å². The largest absolute Gasteiger partial charge is 0.330 e. The van der Waals surface area contributed by atoms with E-state index in [-0.39, 0.29) is 46.4 Å². The van der Waals surface area contributed by atoms with Gasteiger partial charge in [0.1, 0.15) is 17.4 Å². The number of nitrogens with two attached hydrogens (primary N) is 2. The summed E-state index contributed by atoms with van der Waals surface area (Å²) in [4.78, 5) is 24.4. The van der Waals surface area contributed by atoms with Crippen molar-refractivity contribution in [2.24, 2.45) is 34.6 Å². The van der Waals surface area contributed by atoms with Crippen LogP contribution in [0.15, 0.2) is 42.5 Å². The van der Waals surface area contributed by atoms with Crippen molar-refractivity contribution in [3.8, 4) is 0 Å². The summed E-state index contributed by atoms with van der Waals surface area (Å²) in [6.45, 7) is 9.74. The molecule has 0 saturated heterocycles. The highest BCUT2D eigenvalue weighted by atomic mass is 35.5. The highest BCUT2D eigenvalue weighted by molar-refractivity contribution is 6.30. The third-order valence-corrected chi connectivity index (χ3v) is 7.21. The van der Waals surface area contributed by atoms with Crippen LogP contribution in [0.2, 0.25) is 10.0 Å². The van der Waals surface area contributed by atoms with E-state index in [0.717, 1.165) is 35.4 Å². The van der Waals surface area contributed by atoms with E-state index in [1.807, 2.05) is 58.9 Å². The molecule has 3 rings (SSSR count). The van der Waals surface area contributed by atoms with Crippen molar-refractivity contribution < 1.29 is 14.0 Å². The van der Waals surface area contributed by atoms with Gasteiger partial charge in [-0.2, -0.15) is 0 Å². The molecule has 0 bridgehead atoms. The standard InChI is InChI=1S/C15H20ClNO.C14H19ClFNO/c1-10(2)14(18)13(15(17)7-8-15)9-11-3-5-12(16)6-4-11;1-14(2,3)13(18)10(8-17)6-9-4-5-11(15)12(16)7-9/h3-6,10,13H,7-9,17H2,1-2H3;4-5,7,10H,6,8,17H2,1-3H3. The third kappa shape index (κ3) is 8.65. The summed E-state index contributed by atoms with van der Waals surface area (Å²) >= 11 is 11.5. The van der Waals surface area contributed by atoms with E-state index < -0.39 is 11.2 Å². The molecule has 2 atom stereocenters. The number of ketones is 2. The molecule has 2 unspecified atom stereocenters. The number of halogens is 3. The SMILES string of the molecule is CC(C)(C)C(=O)C(CN)Cc1ccc(Cl)c(F)c1.CC(C)C(=O)C(Cc1ccc(Cl)cc1)C1(N)CC1. The Labute approximate surface area is 224 Å². The van der Waals surface area contributed by atoms with Crippen molar-refractivity contribution in [3.05, 3.63) is 69.5 Å². The molecule has 7 heteroatoms. The van der Waals surface area contributed by atoms with Crippen molar-refractivity contribution >= 4 is 34.8 Å². The predicted octanol–water partition coefficient (Wildman–Crippen LogP) is 6.43. The molecule has 4 N–H and O–H groups in total. The molecule has 0 radical (unpaired) electrons. The molecule has 1 fully saturated rings.